The zero-order valence-corrected chi connectivity index (χ0v) is 20.4. The van der Waals surface area contributed by atoms with Crippen LogP contribution in [0.25, 0.3) is 10.2 Å². The highest BCUT2D eigenvalue weighted by Gasteiger charge is 2.25. The highest BCUT2D eigenvalue weighted by Crippen LogP contribution is 2.32. The number of nitro benzene ring substituents is 1. The van der Waals surface area contributed by atoms with Crippen LogP contribution in [0, 0.1) is 16.0 Å². The molecule has 0 fully saturated rings. The van der Waals surface area contributed by atoms with Gasteiger partial charge in [-0.25, -0.2) is 9.78 Å². The Morgan fingerprint density at radius 2 is 2.15 bits per heavy atom. The van der Waals surface area contributed by atoms with E-state index >= 15 is 0 Å². The lowest BCUT2D eigenvalue weighted by atomic mass is 10.2. The van der Waals surface area contributed by atoms with E-state index in [2.05, 4.69) is 9.97 Å². The third-order valence-electron chi connectivity index (χ3n) is 4.73. The number of carbonyl (C=O) groups excluding carboxylic acids is 1. The van der Waals surface area contributed by atoms with Crippen molar-refractivity contribution in [2.24, 2.45) is 5.92 Å². The number of thioether (sulfide) groups is 1. The Hall–Kier alpha value is -3.23. The average Bonchev–Trinajstić information content (AvgIpc) is 3.19. The first-order chi connectivity index (χ1) is 16.1. The molecule has 2 heterocycles. The molecule has 3 rings (SSSR count). The van der Waals surface area contributed by atoms with Crippen molar-refractivity contribution in [3.63, 3.8) is 0 Å². The molecule has 0 saturated heterocycles. The van der Waals surface area contributed by atoms with E-state index in [1.54, 1.807) is 6.07 Å². The molecule has 0 atom stereocenters. The van der Waals surface area contributed by atoms with Crippen LogP contribution in [-0.4, -0.2) is 51.4 Å². The summed E-state index contributed by atoms with van der Waals surface area (Å²) < 4.78 is 7.50. The first kappa shape index (κ1) is 25.4. The van der Waals surface area contributed by atoms with Crippen LogP contribution in [-0.2, 0) is 16.1 Å². The molecule has 0 aliphatic rings. The number of thiazole rings is 1. The maximum Gasteiger partial charge on any atom is 0.330 e. The lowest BCUT2D eigenvalue weighted by molar-refractivity contribution is -0.384. The van der Waals surface area contributed by atoms with Crippen molar-refractivity contribution in [2.75, 3.05) is 36.6 Å². The third-order valence-corrected chi connectivity index (χ3v) is 6.88. The van der Waals surface area contributed by atoms with Crippen molar-refractivity contribution >= 4 is 56.4 Å². The number of amides is 1. The van der Waals surface area contributed by atoms with Crippen molar-refractivity contribution in [1.29, 1.82) is 0 Å². The number of carbonyl (C=O) groups is 1. The van der Waals surface area contributed by atoms with Crippen LogP contribution < -0.4 is 21.9 Å². The number of aromatic amines is 1. The number of nitrogens with zero attached hydrogens (tertiary/aromatic N) is 4. The fourth-order valence-corrected chi connectivity index (χ4v) is 5.17. The number of ether oxygens (including phenoxy) is 1. The summed E-state index contributed by atoms with van der Waals surface area (Å²) in [7, 11) is 1.46. The number of fused-ring (bicyclic) bond motifs is 1. The van der Waals surface area contributed by atoms with Crippen molar-refractivity contribution < 1.29 is 14.5 Å². The quantitative estimate of drug-likeness (QED) is 0.237. The maximum atomic E-state index is 13.1. The number of nitrogen functional groups attached to an aromatic ring is 1. The monoisotopic (exact) mass is 508 g/mol. The molecule has 1 amide bonds. The lowest BCUT2D eigenvalue weighted by Crippen LogP contribution is -2.43. The molecule has 182 valence electrons. The molecule has 14 heteroatoms. The van der Waals surface area contributed by atoms with Gasteiger partial charge in [0, 0.05) is 32.3 Å². The molecule has 12 nitrogen and oxygen atoms in total. The number of anilines is 2. The average molecular weight is 509 g/mol. The lowest BCUT2D eigenvalue weighted by Gasteiger charge is -2.24. The molecule has 0 aliphatic heterocycles. The zero-order chi connectivity index (χ0) is 25.0. The topological polar surface area (TPSA) is 166 Å². The van der Waals surface area contributed by atoms with E-state index in [0.29, 0.717) is 14.6 Å². The normalized spacial score (nSPS) is 11.3. The van der Waals surface area contributed by atoms with E-state index in [-0.39, 0.29) is 48.6 Å². The summed E-state index contributed by atoms with van der Waals surface area (Å²) in [4.78, 5) is 56.4. The number of hydrogen-bond donors (Lipinski definition) is 2. The molecular formula is C20H24N6O6S2. The predicted octanol–water partition coefficient (Wildman–Crippen LogP) is 2.06. The van der Waals surface area contributed by atoms with Gasteiger partial charge in [0.15, 0.2) is 10.0 Å². The van der Waals surface area contributed by atoms with Crippen LogP contribution in [0.3, 0.4) is 0 Å². The van der Waals surface area contributed by atoms with Gasteiger partial charge in [0.2, 0.25) is 5.91 Å². The standard InChI is InChI=1S/C20H24N6O6S2/c1-11(2)9-25-17(21)16(18(28)23-19(25)29)24(6-7-32-3)15(27)10-33-20-22-13-5-4-12(26(30)31)8-14(13)34-20/h4-5,8,11H,6-7,9-10,21H2,1-3H3,(H,23,28,29). The Morgan fingerprint density at radius 1 is 1.41 bits per heavy atom. The number of nitrogens with one attached hydrogen (secondary N) is 1. The van der Waals surface area contributed by atoms with Crippen molar-refractivity contribution in [2.45, 2.75) is 24.7 Å². The summed E-state index contributed by atoms with van der Waals surface area (Å²) in [6.07, 6.45) is 0. The summed E-state index contributed by atoms with van der Waals surface area (Å²) in [6, 6.07) is 4.36. The molecular weight excluding hydrogens is 484 g/mol. The molecule has 2 aromatic heterocycles. The Kier molecular flexibility index (Phi) is 8.06. The molecule has 0 unspecified atom stereocenters. The molecule has 0 bridgehead atoms. The van der Waals surface area contributed by atoms with Crippen molar-refractivity contribution in [1.82, 2.24) is 14.5 Å². The number of nitro groups is 1. The second kappa shape index (κ2) is 10.8. The second-order valence-electron chi connectivity index (χ2n) is 7.71. The van der Waals surface area contributed by atoms with Crippen LogP contribution in [0.15, 0.2) is 32.1 Å². The Balaban J connectivity index is 1.88. The number of methoxy groups -OCH3 is 1. The fourth-order valence-electron chi connectivity index (χ4n) is 3.20. The molecule has 0 radical (unpaired) electrons. The largest absolute Gasteiger partial charge is 0.383 e. The van der Waals surface area contributed by atoms with E-state index in [4.69, 9.17) is 10.5 Å². The Morgan fingerprint density at radius 3 is 2.79 bits per heavy atom. The second-order valence-corrected chi connectivity index (χ2v) is 9.97. The highest BCUT2D eigenvalue weighted by molar-refractivity contribution is 8.01. The number of rotatable bonds is 10. The number of hydrogen-bond acceptors (Lipinski definition) is 10. The maximum absolute atomic E-state index is 13.1. The van der Waals surface area contributed by atoms with E-state index in [9.17, 15) is 24.5 Å². The van der Waals surface area contributed by atoms with Gasteiger partial charge >= 0.3 is 5.69 Å². The minimum absolute atomic E-state index is 0.0410. The number of H-pyrrole nitrogens is 1. The molecule has 0 saturated carbocycles. The number of aromatic nitrogens is 3. The van der Waals surface area contributed by atoms with Gasteiger partial charge in [-0.15, -0.1) is 11.3 Å². The predicted molar refractivity (Wildman–Crippen MR) is 132 cm³/mol. The number of benzene rings is 1. The first-order valence-corrected chi connectivity index (χ1v) is 12.0. The third kappa shape index (κ3) is 5.63. The summed E-state index contributed by atoms with van der Waals surface area (Å²) in [5.41, 5.74) is 5.21. The van der Waals surface area contributed by atoms with Gasteiger partial charge in [-0.2, -0.15) is 0 Å². The van der Waals surface area contributed by atoms with E-state index in [0.717, 1.165) is 11.8 Å². The molecule has 3 N–H and O–H groups in total. The number of non-ortho nitro benzene ring substituents is 1. The van der Waals surface area contributed by atoms with Crippen LogP contribution in [0.4, 0.5) is 17.2 Å². The van der Waals surface area contributed by atoms with Gasteiger partial charge in [0.1, 0.15) is 5.82 Å². The van der Waals surface area contributed by atoms with Gasteiger partial charge < -0.3 is 15.4 Å². The Labute approximate surface area is 201 Å². The van der Waals surface area contributed by atoms with E-state index < -0.39 is 22.1 Å². The highest BCUT2D eigenvalue weighted by atomic mass is 32.2. The van der Waals surface area contributed by atoms with Gasteiger partial charge in [-0.05, 0) is 12.0 Å². The molecule has 34 heavy (non-hydrogen) atoms. The fraction of sp³-hybridized carbons (Fsp3) is 0.400. The zero-order valence-electron chi connectivity index (χ0n) is 18.8. The van der Waals surface area contributed by atoms with E-state index in [1.165, 1.54) is 40.0 Å². The van der Waals surface area contributed by atoms with Gasteiger partial charge in [0.05, 0.1) is 27.5 Å². The summed E-state index contributed by atoms with van der Waals surface area (Å²) in [5.74, 6) is -0.524. The van der Waals surface area contributed by atoms with Crippen molar-refractivity contribution in [3.8, 4) is 0 Å². The summed E-state index contributed by atoms with van der Waals surface area (Å²) in [5, 5.41) is 11.0. The van der Waals surface area contributed by atoms with Crippen LogP contribution >= 0.6 is 23.1 Å². The molecule has 1 aromatic carbocycles. The van der Waals surface area contributed by atoms with Gasteiger partial charge in [0.25, 0.3) is 11.2 Å². The van der Waals surface area contributed by atoms with Crippen molar-refractivity contribution in [3.05, 3.63) is 49.2 Å². The van der Waals surface area contributed by atoms with Crippen LogP contribution in [0.2, 0.25) is 0 Å². The van der Waals surface area contributed by atoms with Gasteiger partial charge in [-0.3, -0.25) is 29.3 Å². The Bertz CT molecular complexity index is 1330. The van der Waals surface area contributed by atoms with Crippen LogP contribution in [0.5, 0.6) is 0 Å². The minimum atomic E-state index is -0.760. The van der Waals surface area contributed by atoms with E-state index in [1.807, 2.05) is 13.8 Å². The first-order valence-electron chi connectivity index (χ1n) is 10.2. The SMILES string of the molecule is COCCN(C(=O)CSc1nc2ccc([N+](=O)[O-])cc2s1)c1c(N)n(CC(C)C)c(=O)[nH]c1=O. The molecule has 3 aromatic rings. The molecule has 0 spiro atoms. The summed E-state index contributed by atoms with van der Waals surface area (Å²) in [6.45, 7) is 4.26. The van der Waals surface area contributed by atoms with Crippen LogP contribution in [0.1, 0.15) is 13.8 Å². The van der Waals surface area contributed by atoms with Gasteiger partial charge in [-0.1, -0.05) is 25.6 Å². The summed E-state index contributed by atoms with van der Waals surface area (Å²) >= 11 is 2.37. The minimum Gasteiger partial charge on any atom is -0.383 e. The smallest absolute Gasteiger partial charge is 0.330 e. The number of nitrogens with two attached hydrogens (primary N) is 1. The molecule has 0 aliphatic carbocycles.